The maximum Gasteiger partial charge on any atom is 0.126 e. The Morgan fingerprint density at radius 1 is 1.47 bits per heavy atom. The molecule has 0 amide bonds. The van der Waals surface area contributed by atoms with Gasteiger partial charge in [0.25, 0.3) is 0 Å². The molecule has 1 saturated heterocycles. The fourth-order valence-electron chi connectivity index (χ4n) is 2.32. The number of hydrogen-bond donors (Lipinski definition) is 0. The molecule has 0 bridgehead atoms. The van der Waals surface area contributed by atoms with Crippen molar-refractivity contribution in [3.8, 4) is 6.07 Å². The molecule has 1 heterocycles. The SMILES string of the molecule is Cc1cc(CCN(C)CC2(C#N)COC2)ccc1F. The minimum absolute atomic E-state index is 0.160. The summed E-state index contributed by atoms with van der Waals surface area (Å²) in [6.45, 7) is 4.42. The molecule has 1 aromatic rings. The van der Waals surface area contributed by atoms with Gasteiger partial charge >= 0.3 is 0 Å². The Hall–Kier alpha value is -1.44. The van der Waals surface area contributed by atoms with Crippen molar-refractivity contribution in [3.05, 3.63) is 35.1 Å². The zero-order chi connectivity index (χ0) is 13.9. The quantitative estimate of drug-likeness (QED) is 0.815. The summed E-state index contributed by atoms with van der Waals surface area (Å²) in [6.07, 6.45) is 0.861. The highest BCUT2D eigenvalue weighted by Gasteiger charge is 2.39. The van der Waals surface area contributed by atoms with Crippen molar-refractivity contribution in [1.29, 1.82) is 5.26 Å². The number of rotatable bonds is 5. The molecule has 0 aromatic heterocycles. The Morgan fingerprint density at radius 3 is 2.74 bits per heavy atom. The normalized spacial score (nSPS) is 17.0. The van der Waals surface area contributed by atoms with Gasteiger partial charge < -0.3 is 9.64 Å². The topological polar surface area (TPSA) is 36.3 Å². The van der Waals surface area contributed by atoms with Crippen molar-refractivity contribution in [2.75, 3.05) is 33.4 Å². The first-order chi connectivity index (χ1) is 9.04. The molecule has 0 atom stereocenters. The average Bonchev–Trinajstić information content (AvgIpc) is 2.35. The molecule has 2 rings (SSSR count). The van der Waals surface area contributed by atoms with Gasteiger partial charge in [0.2, 0.25) is 0 Å². The van der Waals surface area contributed by atoms with Crippen molar-refractivity contribution >= 4 is 0 Å². The van der Waals surface area contributed by atoms with Crippen molar-refractivity contribution in [2.45, 2.75) is 13.3 Å². The molecule has 4 heteroatoms. The summed E-state index contributed by atoms with van der Waals surface area (Å²) in [5.41, 5.74) is 1.48. The number of likely N-dealkylation sites (N-methyl/N-ethyl adjacent to an activating group) is 1. The van der Waals surface area contributed by atoms with Gasteiger partial charge in [-0.05, 0) is 37.6 Å². The van der Waals surface area contributed by atoms with Gasteiger partial charge in [0.1, 0.15) is 11.2 Å². The van der Waals surface area contributed by atoms with E-state index in [2.05, 4.69) is 11.0 Å². The van der Waals surface area contributed by atoms with Gasteiger partial charge in [-0.3, -0.25) is 0 Å². The Balaban J connectivity index is 1.85. The highest BCUT2D eigenvalue weighted by molar-refractivity contribution is 5.24. The van der Waals surface area contributed by atoms with Gasteiger partial charge in [-0.25, -0.2) is 4.39 Å². The van der Waals surface area contributed by atoms with E-state index >= 15 is 0 Å². The Labute approximate surface area is 113 Å². The van der Waals surface area contributed by atoms with Crippen LogP contribution in [-0.2, 0) is 11.2 Å². The number of nitrogens with zero attached hydrogens (tertiary/aromatic N) is 2. The van der Waals surface area contributed by atoms with Crippen LogP contribution in [-0.4, -0.2) is 38.3 Å². The Kier molecular flexibility index (Phi) is 4.18. The molecule has 0 saturated carbocycles. The summed E-state index contributed by atoms with van der Waals surface area (Å²) < 4.78 is 18.3. The minimum Gasteiger partial charge on any atom is -0.378 e. The van der Waals surface area contributed by atoms with Gasteiger partial charge in [0, 0.05) is 13.1 Å². The molecule has 1 aliphatic heterocycles. The number of halogens is 1. The van der Waals surface area contributed by atoms with E-state index in [1.54, 1.807) is 6.92 Å². The first-order valence-corrected chi connectivity index (χ1v) is 6.47. The largest absolute Gasteiger partial charge is 0.378 e. The van der Waals surface area contributed by atoms with Crippen molar-refractivity contribution < 1.29 is 9.13 Å². The van der Waals surface area contributed by atoms with Crippen molar-refractivity contribution in [3.63, 3.8) is 0 Å². The molecular weight excluding hydrogens is 243 g/mol. The lowest BCUT2D eigenvalue weighted by molar-refractivity contribution is -0.0886. The number of nitriles is 1. The van der Waals surface area contributed by atoms with E-state index in [1.165, 1.54) is 6.07 Å². The highest BCUT2D eigenvalue weighted by Crippen LogP contribution is 2.27. The molecular formula is C15H19FN2O. The third kappa shape index (κ3) is 3.31. The maximum absolute atomic E-state index is 13.2. The monoisotopic (exact) mass is 262 g/mol. The zero-order valence-electron chi connectivity index (χ0n) is 11.4. The maximum atomic E-state index is 13.2. The first-order valence-electron chi connectivity index (χ1n) is 6.47. The summed E-state index contributed by atoms with van der Waals surface area (Å²) in [5.74, 6) is -0.160. The molecule has 3 nitrogen and oxygen atoms in total. The van der Waals surface area contributed by atoms with Gasteiger partial charge in [0.05, 0.1) is 19.3 Å². The van der Waals surface area contributed by atoms with E-state index in [1.807, 2.05) is 19.2 Å². The summed E-state index contributed by atoms with van der Waals surface area (Å²) in [6, 6.07) is 7.57. The van der Waals surface area contributed by atoms with Crippen LogP contribution in [0.15, 0.2) is 18.2 Å². The van der Waals surface area contributed by atoms with E-state index in [4.69, 9.17) is 10.00 Å². The first kappa shape index (κ1) is 14.0. The van der Waals surface area contributed by atoms with Crippen LogP contribution in [0.2, 0.25) is 0 Å². The standard InChI is InChI=1S/C15H19FN2O/c1-12-7-13(3-4-14(12)16)5-6-18(2)9-15(8-17)10-19-11-15/h3-4,7H,5-6,9-11H2,1-2H3. The molecule has 0 aliphatic carbocycles. The van der Waals surface area contributed by atoms with Crippen LogP contribution in [0.25, 0.3) is 0 Å². The van der Waals surface area contributed by atoms with E-state index in [0.29, 0.717) is 18.8 Å². The lowest BCUT2D eigenvalue weighted by Gasteiger charge is -2.38. The van der Waals surface area contributed by atoms with Crippen LogP contribution >= 0.6 is 0 Å². The second kappa shape index (κ2) is 5.68. The fraction of sp³-hybridized carbons (Fsp3) is 0.533. The van der Waals surface area contributed by atoms with Gasteiger partial charge in [-0.1, -0.05) is 12.1 Å². The number of hydrogen-bond acceptors (Lipinski definition) is 3. The van der Waals surface area contributed by atoms with Crippen LogP contribution in [0.4, 0.5) is 4.39 Å². The molecule has 102 valence electrons. The van der Waals surface area contributed by atoms with Crippen LogP contribution < -0.4 is 0 Å². The van der Waals surface area contributed by atoms with E-state index in [-0.39, 0.29) is 11.2 Å². The second-order valence-electron chi connectivity index (χ2n) is 5.46. The van der Waals surface area contributed by atoms with Crippen LogP contribution in [0, 0.1) is 29.5 Å². The van der Waals surface area contributed by atoms with Crippen LogP contribution in [0.5, 0.6) is 0 Å². The molecule has 1 fully saturated rings. The third-order valence-corrected chi connectivity index (χ3v) is 3.57. The van der Waals surface area contributed by atoms with E-state index in [9.17, 15) is 4.39 Å². The summed E-state index contributed by atoms with van der Waals surface area (Å²) in [7, 11) is 2.01. The average molecular weight is 262 g/mol. The van der Waals surface area contributed by atoms with Gasteiger partial charge in [-0.2, -0.15) is 5.26 Å². The lowest BCUT2D eigenvalue weighted by atomic mass is 9.87. The van der Waals surface area contributed by atoms with Gasteiger partial charge in [-0.15, -0.1) is 0 Å². The molecule has 0 unspecified atom stereocenters. The Bertz CT molecular complexity index is 491. The smallest absolute Gasteiger partial charge is 0.126 e. The highest BCUT2D eigenvalue weighted by atomic mass is 19.1. The number of aryl methyl sites for hydroxylation is 1. The summed E-state index contributed by atoms with van der Waals surface area (Å²) in [4.78, 5) is 2.14. The second-order valence-corrected chi connectivity index (χ2v) is 5.46. The molecule has 19 heavy (non-hydrogen) atoms. The van der Waals surface area contributed by atoms with E-state index < -0.39 is 0 Å². The molecule has 0 radical (unpaired) electrons. The van der Waals surface area contributed by atoms with Gasteiger partial charge in [0.15, 0.2) is 0 Å². The van der Waals surface area contributed by atoms with Crippen LogP contribution in [0.1, 0.15) is 11.1 Å². The fourth-order valence-corrected chi connectivity index (χ4v) is 2.32. The minimum atomic E-state index is -0.326. The van der Waals surface area contributed by atoms with Crippen LogP contribution in [0.3, 0.4) is 0 Å². The molecule has 1 aromatic carbocycles. The molecule has 1 aliphatic rings. The van der Waals surface area contributed by atoms with E-state index in [0.717, 1.165) is 25.1 Å². The Morgan fingerprint density at radius 2 is 2.21 bits per heavy atom. The third-order valence-electron chi connectivity index (χ3n) is 3.57. The summed E-state index contributed by atoms with van der Waals surface area (Å²) in [5, 5.41) is 9.14. The number of benzene rings is 1. The van der Waals surface area contributed by atoms with Crippen molar-refractivity contribution in [2.24, 2.45) is 5.41 Å². The number of ether oxygens (including phenoxy) is 1. The molecule has 0 spiro atoms. The predicted octanol–water partition coefficient (Wildman–Crippen LogP) is 2.15. The van der Waals surface area contributed by atoms with Crippen molar-refractivity contribution in [1.82, 2.24) is 4.90 Å². The lowest BCUT2D eigenvalue weighted by Crippen LogP contribution is -2.49. The predicted molar refractivity (Wildman–Crippen MR) is 71.2 cm³/mol. The molecule has 0 N–H and O–H groups in total. The summed E-state index contributed by atoms with van der Waals surface area (Å²) >= 11 is 0. The zero-order valence-corrected chi connectivity index (χ0v) is 11.4.